The van der Waals surface area contributed by atoms with Crippen molar-refractivity contribution in [1.29, 1.82) is 0 Å². The molecule has 2 nitrogen and oxygen atoms in total. The van der Waals surface area contributed by atoms with E-state index in [1.54, 1.807) is 12.1 Å². The van der Waals surface area contributed by atoms with Crippen LogP contribution in [-0.2, 0) is 13.0 Å². The molecule has 0 heterocycles. The van der Waals surface area contributed by atoms with E-state index in [0.29, 0.717) is 6.61 Å². The third kappa shape index (κ3) is 3.00. The van der Waals surface area contributed by atoms with Gasteiger partial charge >= 0.3 is 0 Å². The maximum Gasteiger partial charge on any atom is 0.146 e. The van der Waals surface area contributed by atoms with E-state index in [4.69, 9.17) is 10.5 Å². The van der Waals surface area contributed by atoms with Gasteiger partial charge in [-0.2, -0.15) is 0 Å². The summed E-state index contributed by atoms with van der Waals surface area (Å²) in [6, 6.07) is 12.6. The second-order valence-electron chi connectivity index (χ2n) is 4.14. The van der Waals surface area contributed by atoms with E-state index in [-0.39, 0.29) is 5.69 Å². The van der Waals surface area contributed by atoms with Gasteiger partial charge in [0.05, 0.1) is 5.69 Å². The minimum absolute atomic E-state index is 0.158. The molecule has 0 saturated heterocycles. The van der Waals surface area contributed by atoms with E-state index >= 15 is 0 Å². The zero-order chi connectivity index (χ0) is 13.0. The fourth-order valence-corrected chi connectivity index (χ4v) is 1.65. The van der Waals surface area contributed by atoms with Crippen molar-refractivity contribution in [2.75, 3.05) is 5.73 Å². The summed E-state index contributed by atoms with van der Waals surface area (Å²) in [6.45, 7) is 2.44. The Morgan fingerprint density at radius 1 is 1.06 bits per heavy atom. The van der Waals surface area contributed by atoms with Gasteiger partial charge in [-0.1, -0.05) is 25.1 Å². The average molecular weight is 245 g/mol. The molecule has 0 radical (unpaired) electrons. The number of benzene rings is 2. The average Bonchev–Trinajstić information content (AvgIpc) is 2.41. The van der Waals surface area contributed by atoms with E-state index < -0.39 is 5.82 Å². The lowest BCUT2D eigenvalue weighted by Crippen LogP contribution is -1.98. The Hall–Kier alpha value is -2.03. The van der Waals surface area contributed by atoms with Gasteiger partial charge < -0.3 is 10.5 Å². The molecule has 94 valence electrons. The van der Waals surface area contributed by atoms with Crippen LogP contribution >= 0.6 is 0 Å². The molecule has 2 aromatic rings. The smallest absolute Gasteiger partial charge is 0.146 e. The summed E-state index contributed by atoms with van der Waals surface area (Å²) in [5.74, 6) is 0.377. The monoisotopic (exact) mass is 245 g/mol. The largest absolute Gasteiger partial charge is 0.489 e. The van der Waals surface area contributed by atoms with Gasteiger partial charge in [0.25, 0.3) is 0 Å². The van der Waals surface area contributed by atoms with Crippen molar-refractivity contribution in [1.82, 2.24) is 0 Å². The van der Waals surface area contributed by atoms with Crippen LogP contribution in [0, 0.1) is 5.82 Å². The van der Waals surface area contributed by atoms with Gasteiger partial charge in [-0.15, -0.1) is 0 Å². The molecule has 0 fully saturated rings. The Morgan fingerprint density at radius 3 is 2.33 bits per heavy atom. The molecule has 0 aliphatic heterocycles. The summed E-state index contributed by atoms with van der Waals surface area (Å²) < 4.78 is 18.8. The number of aryl methyl sites for hydroxylation is 1. The maximum absolute atomic E-state index is 13.2. The predicted molar refractivity (Wildman–Crippen MR) is 71.0 cm³/mol. The Bertz CT molecular complexity index is 523. The van der Waals surface area contributed by atoms with Crippen molar-refractivity contribution in [3.63, 3.8) is 0 Å². The lowest BCUT2D eigenvalue weighted by molar-refractivity contribution is 0.305. The molecule has 2 aromatic carbocycles. The van der Waals surface area contributed by atoms with E-state index in [2.05, 4.69) is 6.92 Å². The summed E-state index contributed by atoms with van der Waals surface area (Å²) in [7, 11) is 0. The Labute approximate surface area is 106 Å². The van der Waals surface area contributed by atoms with E-state index in [0.717, 1.165) is 17.7 Å². The molecule has 0 unspecified atom stereocenters. The van der Waals surface area contributed by atoms with Crippen LogP contribution in [0.1, 0.15) is 18.1 Å². The van der Waals surface area contributed by atoms with E-state index in [9.17, 15) is 4.39 Å². The minimum Gasteiger partial charge on any atom is -0.489 e. The SMILES string of the molecule is CCc1ccc(OCc2ccc(N)c(F)c2)cc1. The molecule has 0 aromatic heterocycles. The Kier molecular flexibility index (Phi) is 3.82. The summed E-state index contributed by atoms with van der Waals surface area (Å²) in [5, 5.41) is 0. The summed E-state index contributed by atoms with van der Waals surface area (Å²) in [5.41, 5.74) is 7.60. The number of hydrogen-bond acceptors (Lipinski definition) is 2. The highest BCUT2D eigenvalue weighted by Gasteiger charge is 2.01. The van der Waals surface area contributed by atoms with Gasteiger partial charge in [0.2, 0.25) is 0 Å². The van der Waals surface area contributed by atoms with Gasteiger partial charge in [-0.3, -0.25) is 0 Å². The quantitative estimate of drug-likeness (QED) is 0.836. The van der Waals surface area contributed by atoms with Gasteiger partial charge in [0, 0.05) is 0 Å². The molecular formula is C15H16FNO. The highest BCUT2D eigenvalue weighted by molar-refractivity contribution is 5.41. The molecule has 2 N–H and O–H groups in total. The molecular weight excluding hydrogens is 229 g/mol. The van der Waals surface area contributed by atoms with Crippen molar-refractivity contribution >= 4 is 5.69 Å². The first-order valence-electron chi connectivity index (χ1n) is 5.94. The third-order valence-electron chi connectivity index (χ3n) is 2.80. The number of halogens is 1. The van der Waals surface area contributed by atoms with Crippen LogP contribution in [0.2, 0.25) is 0 Å². The second kappa shape index (κ2) is 5.54. The zero-order valence-corrected chi connectivity index (χ0v) is 10.3. The second-order valence-corrected chi connectivity index (χ2v) is 4.14. The van der Waals surface area contributed by atoms with E-state index in [1.165, 1.54) is 11.6 Å². The maximum atomic E-state index is 13.2. The van der Waals surface area contributed by atoms with Crippen LogP contribution in [0.5, 0.6) is 5.75 Å². The first kappa shape index (κ1) is 12.4. The third-order valence-corrected chi connectivity index (χ3v) is 2.80. The summed E-state index contributed by atoms with van der Waals surface area (Å²) in [4.78, 5) is 0. The topological polar surface area (TPSA) is 35.2 Å². The van der Waals surface area contributed by atoms with Gasteiger partial charge in [0.15, 0.2) is 0 Å². The number of anilines is 1. The predicted octanol–water partition coefficient (Wildman–Crippen LogP) is 3.55. The summed E-state index contributed by atoms with van der Waals surface area (Å²) in [6.07, 6.45) is 1.00. The molecule has 0 amide bonds. The van der Waals surface area contributed by atoms with Crippen molar-refractivity contribution < 1.29 is 9.13 Å². The lowest BCUT2D eigenvalue weighted by atomic mass is 10.2. The van der Waals surface area contributed by atoms with E-state index in [1.807, 2.05) is 24.3 Å². The van der Waals surface area contributed by atoms with Gasteiger partial charge in [-0.25, -0.2) is 4.39 Å². The Balaban J connectivity index is 1.99. The van der Waals surface area contributed by atoms with Crippen LogP contribution in [0.3, 0.4) is 0 Å². The number of hydrogen-bond donors (Lipinski definition) is 1. The van der Waals surface area contributed by atoms with Crippen molar-refractivity contribution in [2.24, 2.45) is 0 Å². The first-order valence-corrected chi connectivity index (χ1v) is 5.94. The fraction of sp³-hybridized carbons (Fsp3) is 0.200. The number of nitrogen functional groups attached to an aromatic ring is 1. The minimum atomic E-state index is -0.405. The zero-order valence-electron chi connectivity index (χ0n) is 10.3. The van der Waals surface area contributed by atoms with Crippen LogP contribution in [0.25, 0.3) is 0 Å². The normalized spacial score (nSPS) is 10.3. The van der Waals surface area contributed by atoms with Gasteiger partial charge in [0.1, 0.15) is 18.2 Å². The molecule has 3 heteroatoms. The molecule has 18 heavy (non-hydrogen) atoms. The molecule has 2 rings (SSSR count). The molecule has 0 bridgehead atoms. The van der Waals surface area contributed by atoms with Crippen LogP contribution < -0.4 is 10.5 Å². The summed E-state index contributed by atoms with van der Waals surface area (Å²) >= 11 is 0. The highest BCUT2D eigenvalue weighted by atomic mass is 19.1. The van der Waals surface area contributed by atoms with Gasteiger partial charge in [-0.05, 0) is 41.8 Å². The number of nitrogens with two attached hydrogens (primary N) is 1. The standard InChI is InChI=1S/C15H16FNO/c1-2-11-3-6-13(7-4-11)18-10-12-5-8-15(17)14(16)9-12/h3-9H,2,10,17H2,1H3. The Morgan fingerprint density at radius 2 is 1.72 bits per heavy atom. The molecule has 0 aliphatic carbocycles. The molecule has 0 aliphatic rings. The number of ether oxygens (including phenoxy) is 1. The molecule has 0 atom stereocenters. The first-order chi connectivity index (χ1) is 8.69. The molecule has 0 saturated carbocycles. The highest BCUT2D eigenvalue weighted by Crippen LogP contribution is 2.16. The van der Waals surface area contributed by atoms with Crippen molar-refractivity contribution in [3.8, 4) is 5.75 Å². The van der Waals surface area contributed by atoms with Crippen LogP contribution in [0.15, 0.2) is 42.5 Å². The van der Waals surface area contributed by atoms with Crippen molar-refractivity contribution in [3.05, 3.63) is 59.4 Å². The van der Waals surface area contributed by atoms with Crippen LogP contribution in [-0.4, -0.2) is 0 Å². The molecule has 0 spiro atoms. The van der Waals surface area contributed by atoms with Crippen LogP contribution in [0.4, 0.5) is 10.1 Å². The van der Waals surface area contributed by atoms with Crippen molar-refractivity contribution in [2.45, 2.75) is 20.0 Å². The number of rotatable bonds is 4. The lowest BCUT2D eigenvalue weighted by Gasteiger charge is -2.07. The fourth-order valence-electron chi connectivity index (χ4n) is 1.65.